The number of hydrogen-bond acceptors (Lipinski definition) is 3. The van der Waals surface area contributed by atoms with Crippen molar-refractivity contribution in [2.75, 3.05) is 0 Å². The molecule has 1 N–H and O–H groups in total. The fourth-order valence-electron chi connectivity index (χ4n) is 1.75. The number of carbonyl (C=O) groups is 1. The second-order valence-corrected chi connectivity index (χ2v) is 4.65. The molecule has 0 heterocycles. The number of aliphatic carboxylic acids is 1. The largest absolute Gasteiger partial charge is 0.481 e. The van der Waals surface area contributed by atoms with Gasteiger partial charge < -0.3 is 9.84 Å². The van der Waals surface area contributed by atoms with Crippen molar-refractivity contribution in [3.63, 3.8) is 0 Å². The van der Waals surface area contributed by atoms with Crippen LogP contribution in [0.1, 0.15) is 52.9 Å². The van der Waals surface area contributed by atoms with Gasteiger partial charge in [-0.3, -0.25) is 4.79 Å². The topological polar surface area (TPSA) is 70.3 Å². The highest BCUT2D eigenvalue weighted by Crippen LogP contribution is 2.17. The van der Waals surface area contributed by atoms with Crippen LogP contribution in [0.5, 0.6) is 0 Å². The molecule has 0 aromatic rings. The Kier molecular flexibility index (Phi) is 8.43. The molecule has 17 heavy (non-hydrogen) atoms. The minimum atomic E-state index is -0.895. The van der Waals surface area contributed by atoms with E-state index >= 15 is 0 Å². The molecule has 0 saturated carbocycles. The van der Waals surface area contributed by atoms with Gasteiger partial charge in [0, 0.05) is 0 Å². The van der Waals surface area contributed by atoms with Gasteiger partial charge in [-0.25, -0.2) is 0 Å². The van der Waals surface area contributed by atoms with E-state index in [-0.39, 0.29) is 6.42 Å². The number of unbranched alkanes of at least 4 members (excludes halogenated alkanes) is 1. The monoisotopic (exact) mass is 241 g/mol. The molecule has 0 saturated heterocycles. The van der Waals surface area contributed by atoms with E-state index < -0.39 is 18.2 Å². The molecule has 4 heteroatoms. The SMILES string of the molecule is CCCC[C@H](C)C[C@H](C#N)O[C@H](C)CC(=O)O. The quantitative estimate of drug-likeness (QED) is 0.673. The Bertz CT molecular complexity index is 260. The number of ether oxygens (including phenoxy) is 1. The van der Waals surface area contributed by atoms with Crippen LogP contribution in [0, 0.1) is 17.2 Å². The second-order valence-electron chi connectivity index (χ2n) is 4.65. The third-order valence-corrected chi connectivity index (χ3v) is 2.67. The lowest BCUT2D eigenvalue weighted by atomic mass is 9.98. The lowest BCUT2D eigenvalue weighted by Crippen LogP contribution is -2.23. The molecular weight excluding hydrogens is 218 g/mol. The van der Waals surface area contributed by atoms with E-state index in [1.807, 2.05) is 0 Å². The lowest BCUT2D eigenvalue weighted by molar-refractivity contribution is -0.140. The van der Waals surface area contributed by atoms with Gasteiger partial charge in [-0.2, -0.15) is 5.26 Å². The van der Waals surface area contributed by atoms with Gasteiger partial charge in [0.2, 0.25) is 0 Å². The standard InChI is InChI=1S/C13H23NO3/c1-4-5-6-10(2)7-12(9-14)17-11(3)8-13(15)16/h10-12H,4-8H2,1-3H3,(H,15,16)/t10-,11+,12+/m0/s1. The van der Waals surface area contributed by atoms with Crippen molar-refractivity contribution in [1.82, 2.24) is 0 Å². The van der Waals surface area contributed by atoms with E-state index in [2.05, 4.69) is 19.9 Å². The molecule has 98 valence electrons. The maximum Gasteiger partial charge on any atom is 0.305 e. The van der Waals surface area contributed by atoms with Crippen LogP contribution in [0.2, 0.25) is 0 Å². The van der Waals surface area contributed by atoms with E-state index in [4.69, 9.17) is 15.1 Å². The summed E-state index contributed by atoms with van der Waals surface area (Å²) in [5.74, 6) is -0.454. The first kappa shape index (κ1) is 15.9. The molecule has 0 unspecified atom stereocenters. The number of hydrogen-bond donors (Lipinski definition) is 1. The molecule has 0 aromatic carbocycles. The van der Waals surface area contributed by atoms with E-state index in [0.717, 1.165) is 19.3 Å². The van der Waals surface area contributed by atoms with Gasteiger partial charge in [0.1, 0.15) is 6.10 Å². The van der Waals surface area contributed by atoms with Crippen LogP contribution in [0.4, 0.5) is 0 Å². The Morgan fingerprint density at radius 2 is 2.12 bits per heavy atom. The van der Waals surface area contributed by atoms with Crippen LogP contribution in [0.15, 0.2) is 0 Å². The molecule has 0 bridgehead atoms. The summed E-state index contributed by atoms with van der Waals surface area (Å²) in [6.45, 7) is 5.93. The smallest absolute Gasteiger partial charge is 0.305 e. The first-order valence-electron chi connectivity index (χ1n) is 6.26. The summed E-state index contributed by atoms with van der Waals surface area (Å²) < 4.78 is 5.42. The fourth-order valence-corrected chi connectivity index (χ4v) is 1.75. The molecule has 0 aliphatic heterocycles. The van der Waals surface area contributed by atoms with Crippen LogP contribution in [-0.4, -0.2) is 23.3 Å². The molecule has 0 spiro atoms. The zero-order chi connectivity index (χ0) is 13.3. The summed E-state index contributed by atoms with van der Waals surface area (Å²) in [4.78, 5) is 10.5. The van der Waals surface area contributed by atoms with Gasteiger partial charge in [0.05, 0.1) is 18.6 Å². The highest BCUT2D eigenvalue weighted by atomic mass is 16.5. The van der Waals surface area contributed by atoms with Crippen molar-refractivity contribution >= 4 is 5.97 Å². The van der Waals surface area contributed by atoms with Crippen molar-refractivity contribution in [3.05, 3.63) is 0 Å². The highest BCUT2D eigenvalue weighted by Gasteiger charge is 2.17. The summed E-state index contributed by atoms with van der Waals surface area (Å²) in [6, 6.07) is 2.10. The van der Waals surface area contributed by atoms with Crippen molar-refractivity contribution in [2.24, 2.45) is 5.92 Å². The first-order valence-corrected chi connectivity index (χ1v) is 6.26. The van der Waals surface area contributed by atoms with Crippen LogP contribution in [0.3, 0.4) is 0 Å². The Balaban J connectivity index is 3.99. The minimum absolute atomic E-state index is 0.0540. The van der Waals surface area contributed by atoms with E-state index in [0.29, 0.717) is 12.3 Å². The number of carboxylic acid groups (broad SMARTS) is 1. The molecule has 3 atom stereocenters. The number of rotatable bonds is 9. The summed E-state index contributed by atoms with van der Waals surface area (Å²) in [6.07, 6.45) is 3.13. The maximum absolute atomic E-state index is 10.5. The van der Waals surface area contributed by atoms with Gasteiger partial charge >= 0.3 is 5.97 Å². The van der Waals surface area contributed by atoms with Gasteiger partial charge in [0.25, 0.3) is 0 Å². The number of carboxylic acids is 1. The molecule has 0 aromatic heterocycles. The Labute approximate surface area is 104 Å². The average Bonchev–Trinajstić information content (AvgIpc) is 2.24. The van der Waals surface area contributed by atoms with Gasteiger partial charge in [0.15, 0.2) is 0 Å². The normalized spacial score (nSPS) is 15.9. The Hall–Kier alpha value is -1.08. The van der Waals surface area contributed by atoms with Crippen LogP contribution in [-0.2, 0) is 9.53 Å². The first-order chi connectivity index (χ1) is 7.99. The predicted octanol–water partition coefficient (Wildman–Crippen LogP) is 2.97. The summed E-state index contributed by atoms with van der Waals surface area (Å²) >= 11 is 0. The zero-order valence-electron chi connectivity index (χ0n) is 11.0. The van der Waals surface area contributed by atoms with Crippen LogP contribution >= 0.6 is 0 Å². The van der Waals surface area contributed by atoms with Gasteiger partial charge in [-0.15, -0.1) is 0 Å². The van der Waals surface area contributed by atoms with E-state index in [1.54, 1.807) is 6.92 Å². The molecule has 0 fully saturated rings. The average molecular weight is 241 g/mol. The molecule has 0 aliphatic rings. The van der Waals surface area contributed by atoms with Crippen LogP contribution < -0.4 is 0 Å². The van der Waals surface area contributed by atoms with Gasteiger partial charge in [-0.1, -0.05) is 33.1 Å². The number of nitriles is 1. The third-order valence-electron chi connectivity index (χ3n) is 2.67. The zero-order valence-corrected chi connectivity index (χ0v) is 11.0. The van der Waals surface area contributed by atoms with E-state index in [9.17, 15) is 4.79 Å². The van der Waals surface area contributed by atoms with Gasteiger partial charge in [-0.05, 0) is 19.3 Å². The summed E-state index contributed by atoms with van der Waals surface area (Å²) in [7, 11) is 0. The molecule has 0 aliphatic carbocycles. The fraction of sp³-hybridized carbons (Fsp3) is 0.846. The molecule has 0 radical (unpaired) electrons. The molecule has 0 amide bonds. The predicted molar refractivity (Wildman–Crippen MR) is 65.5 cm³/mol. The van der Waals surface area contributed by atoms with Crippen molar-refractivity contribution in [3.8, 4) is 6.07 Å². The Morgan fingerprint density at radius 3 is 2.59 bits per heavy atom. The van der Waals surface area contributed by atoms with E-state index in [1.165, 1.54) is 0 Å². The summed E-state index contributed by atoms with van der Waals surface area (Å²) in [5, 5.41) is 17.6. The number of nitrogens with zero attached hydrogens (tertiary/aromatic N) is 1. The highest BCUT2D eigenvalue weighted by molar-refractivity contribution is 5.67. The molecular formula is C13H23NO3. The third kappa shape index (κ3) is 8.70. The van der Waals surface area contributed by atoms with Crippen molar-refractivity contribution < 1.29 is 14.6 Å². The lowest BCUT2D eigenvalue weighted by Gasteiger charge is -2.19. The van der Waals surface area contributed by atoms with Crippen LogP contribution in [0.25, 0.3) is 0 Å². The maximum atomic E-state index is 10.5. The van der Waals surface area contributed by atoms with Crippen molar-refractivity contribution in [2.45, 2.75) is 65.1 Å². The minimum Gasteiger partial charge on any atom is -0.481 e. The van der Waals surface area contributed by atoms with Crippen molar-refractivity contribution in [1.29, 1.82) is 5.26 Å². The summed E-state index contributed by atoms with van der Waals surface area (Å²) in [5.41, 5.74) is 0. The molecule has 0 rings (SSSR count). The molecule has 4 nitrogen and oxygen atoms in total. The Morgan fingerprint density at radius 1 is 1.47 bits per heavy atom. The second kappa shape index (κ2) is 9.00.